The molecule has 1 saturated heterocycles. The van der Waals surface area contributed by atoms with Crippen molar-refractivity contribution in [2.75, 3.05) is 18.5 Å². The highest BCUT2D eigenvalue weighted by molar-refractivity contribution is 6.12. The molecule has 4 rings (SSSR count). The van der Waals surface area contributed by atoms with E-state index in [1.165, 1.54) is 36.2 Å². The Morgan fingerprint density at radius 1 is 0.939 bits per heavy atom. The molecule has 3 aromatic rings. The number of nitrogens with one attached hydrogen (secondary N) is 1. The van der Waals surface area contributed by atoms with Gasteiger partial charge in [0.25, 0.3) is 11.6 Å². The summed E-state index contributed by atoms with van der Waals surface area (Å²) in [6, 6.07) is 22.5. The molecule has 1 aliphatic rings. The lowest BCUT2D eigenvalue weighted by molar-refractivity contribution is -0.384. The maximum atomic E-state index is 13.6. The lowest BCUT2D eigenvalue weighted by atomic mass is 9.82. The van der Waals surface area contributed by atoms with E-state index in [9.17, 15) is 24.5 Å². The second-order valence-electron chi connectivity index (χ2n) is 7.53. The Kier molecular flexibility index (Phi) is 5.61. The zero-order valence-electron chi connectivity index (χ0n) is 17.7. The van der Waals surface area contributed by atoms with E-state index in [0.717, 1.165) is 4.90 Å². The molecular formula is C24H20N4O5. The molecule has 1 heterocycles. The molecule has 0 aromatic heterocycles. The number of non-ortho nitro benzene ring substituents is 1. The average molecular weight is 444 g/mol. The van der Waals surface area contributed by atoms with Gasteiger partial charge in [0, 0.05) is 24.9 Å². The highest BCUT2D eigenvalue weighted by Crippen LogP contribution is 2.36. The zero-order valence-corrected chi connectivity index (χ0v) is 17.7. The summed E-state index contributed by atoms with van der Waals surface area (Å²) in [7, 11) is 1.48. The molecule has 1 fully saturated rings. The molecule has 0 saturated carbocycles. The minimum absolute atomic E-state index is 0.107. The van der Waals surface area contributed by atoms with Crippen LogP contribution in [-0.4, -0.2) is 41.3 Å². The van der Waals surface area contributed by atoms with Crippen LogP contribution in [0.15, 0.2) is 84.9 Å². The van der Waals surface area contributed by atoms with Crippen molar-refractivity contribution in [2.24, 2.45) is 0 Å². The Balaban J connectivity index is 1.63. The largest absolute Gasteiger partial charge is 0.326 e. The quantitative estimate of drug-likeness (QED) is 0.357. The smallest absolute Gasteiger partial charge is 0.315 e. The van der Waals surface area contributed by atoms with Gasteiger partial charge in [0.05, 0.1) is 4.92 Å². The van der Waals surface area contributed by atoms with E-state index in [4.69, 9.17) is 0 Å². The number of benzene rings is 3. The van der Waals surface area contributed by atoms with Crippen molar-refractivity contribution in [3.05, 3.63) is 106 Å². The van der Waals surface area contributed by atoms with Gasteiger partial charge in [0.1, 0.15) is 6.54 Å². The van der Waals surface area contributed by atoms with Gasteiger partial charge in [-0.2, -0.15) is 0 Å². The van der Waals surface area contributed by atoms with Gasteiger partial charge in [-0.15, -0.1) is 0 Å². The summed E-state index contributed by atoms with van der Waals surface area (Å²) >= 11 is 0. The number of amides is 4. The van der Waals surface area contributed by atoms with E-state index in [0.29, 0.717) is 16.8 Å². The molecule has 9 heteroatoms. The minimum atomic E-state index is -1.45. The predicted octanol–water partition coefficient (Wildman–Crippen LogP) is 3.05. The van der Waals surface area contributed by atoms with Crippen LogP contribution in [0.2, 0.25) is 0 Å². The van der Waals surface area contributed by atoms with E-state index in [2.05, 4.69) is 5.32 Å². The van der Waals surface area contributed by atoms with Crippen LogP contribution in [0.5, 0.6) is 0 Å². The van der Waals surface area contributed by atoms with Gasteiger partial charge in [-0.05, 0) is 23.3 Å². The Bertz CT molecular complexity index is 1170. The molecule has 166 valence electrons. The van der Waals surface area contributed by atoms with Crippen LogP contribution in [0.3, 0.4) is 0 Å². The fourth-order valence-electron chi connectivity index (χ4n) is 3.84. The molecule has 0 spiro atoms. The zero-order chi connectivity index (χ0) is 23.6. The number of hydrogen-bond acceptors (Lipinski definition) is 5. The van der Waals surface area contributed by atoms with Crippen LogP contribution in [0.4, 0.5) is 16.2 Å². The number of nitro benzene ring substituents is 1. The molecule has 0 unspecified atom stereocenters. The first-order valence-electron chi connectivity index (χ1n) is 10.1. The maximum absolute atomic E-state index is 13.6. The molecule has 0 radical (unpaired) electrons. The number of nitro groups is 1. The lowest BCUT2D eigenvalue weighted by Crippen LogP contribution is -2.46. The summed E-state index contributed by atoms with van der Waals surface area (Å²) in [5.41, 5.74) is -0.00749. The first-order chi connectivity index (χ1) is 15.8. The summed E-state index contributed by atoms with van der Waals surface area (Å²) in [6.07, 6.45) is 0. The van der Waals surface area contributed by atoms with E-state index < -0.39 is 34.9 Å². The van der Waals surface area contributed by atoms with Gasteiger partial charge in [0.2, 0.25) is 5.91 Å². The van der Waals surface area contributed by atoms with E-state index >= 15 is 0 Å². The van der Waals surface area contributed by atoms with Crippen LogP contribution < -0.4 is 10.2 Å². The molecule has 9 nitrogen and oxygen atoms in total. The molecule has 4 amide bonds. The average Bonchev–Trinajstić information content (AvgIpc) is 3.10. The molecule has 0 aliphatic carbocycles. The fraction of sp³-hybridized carbons (Fsp3) is 0.125. The first-order valence-corrected chi connectivity index (χ1v) is 10.1. The summed E-state index contributed by atoms with van der Waals surface area (Å²) in [6.45, 7) is -0.487. The Hall–Kier alpha value is -4.53. The van der Waals surface area contributed by atoms with Crippen molar-refractivity contribution in [1.29, 1.82) is 0 Å². The highest BCUT2D eigenvalue weighted by atomic mass is 16.6. The Morgan fingerprint density at radius 3 is 1.94 bits per heavy atom. The van der Waals surface area contributed by atoms with Crippen LogP contribution >= 0.6 is 0 Å². The number of nitrogens with zero attached hydrogens (tertiary/aromatic N) is 3. The number of urea groups is 1. The Morgan fingerprint density at radius 2 is 1.45 bits per heavy atom. The van der Waals surface area contributed by atoms with E-state index in [-0.39, 0.29) is 5.69 Å². The van der Waals surface area contributed by atoms with Crippen LogP contribution in [0.1, 0.15) is 11.1 Å². The van der Waals surface area contributed by atoms with Crippen LogP contribution in [0.25, 0.3) is 0 Å². The SMILES string of the molecule is CN(C(=O)CN1C(=O)NC(c2ccccc2)(c2ccccc2)C1=O)c1ccc([N+](=O)[O-])cc1. The molecule has 33 heavy (non-hydrogen) atoms. The number of hydrogen-bond donors (Lipinski definition) is 1. The minimum Gasteiger partial charge on any atom is -0.315 e. The van der Waals surface area contributed by atoms with Crippen molar-refractivity contribution < 1.29 is 19.3 Å². The topological polar surface area (TPSA) is 113 Å². The third kappa shape index (κ3) is 3.80. The second kappa shape index (κ2) is 8.54. The lowest BCUT2D eigenvalue weighted by Gasteiger charge is -2.28. The number of likely N-dealkylation sites (N-methyl/N-ethyl adjacent to an activating group) is 1. The molecule has 0 bridgehead atoms. The van der Waals surface area contributed by atoms with Crippen molar-refractivity contribution in [1.82, 2.24) is 10.2 Å². The first kappa shape index (κ1) is 21.7. The van der Waals surface area contributed by atoms with Gasteiger partial charge >= 0.3 is 6.03 Å². The molecule has 3 aromatic carbocycles. The Labute approximate surface area is 189 Å². The van der Waals surface area contributed by atoms with Gasteiger partial charge in [-0.1, -0.05) is 60.7 Å². The number of anilines is 1. The third-order valence-electron chi connectivity index (χ3n) is 5.63. The van der Waals surface area contributed by atoms with E-state index in [1.54, 1.807) is 48.5 Å². The van der Waals surface area contributed by atoms with Crippen molar-refractivity contribution >= 4 is 29.2 Å². The van der Waals surface area contributed by atoms with Gasteiger partial charge in [-0.3, -0.25) is 24.6 Å². The number of imide groups is 1. The molecule has 1 aliphatic heterocycles. The fourth-order valence-corrected chi connectivity index (χ4v) is 3.84. The summed E-state index contributed by atoms with van der Waals surface area (Å²) < 4.78 is 0. The van der Waals surface area contributed by atoms with Gasteiger partial charge in [-0.25, -0.2) is 4.79 Å². The predicted molar refractivity (Wildman–Crippen MR) is 120 cm³/mol. The summed E-state index contributed by atoms with van der Waals surface area (Å²) in [5, 5.41) is 13.6. The molecule has 1 N–H and O–H groups in total. The maximum Gasteiger partial charge on any atom is 0.326 e. The van der Waals surface area contributed by atoms with Crippen molar-refractivity contribution in [3.8, 4) is 0 Å². The van der Waals surface area contributed by atoms with Gasteiger partial charge in [0.15, 0.2) is 5.54 Å². The van der Waals surface area contributed by atoms with Crippen molar-refractivity contribution in [3.63, 3.8) is 0 Å². The monoisotopic (exact) mass is 444 g/mol. The van der Waals surface area contributed by atoms with Crippen LogP contribution in [0, 0.1) is 10.1 Å². The summed E-state index contributed by atoms with van der Waals surface area (Å²) in [4.78, 5) is 51.9. The summed E-state index contributed by atoms with van der Waals surface area (Å²) in [5.74, 6) is -1.08. The number of carbonyl (C=O) groups excluding carboxylic acids is 3. The normalized spacial score (nSPS) is 14.6. The van der Waals surface area contributed by atoms with Crippen LogP contribution in [-0.2, 0) is 15.1 Å². The third-order valence-corrected chi connectivity index (χ3v) is 5.63. The standard InChI is InChI=1S/C24H20N4O5/c1-26(19-12-14-20(15-13-19)28(32)33)21(29)16-27-22(30)24(25-23(27)31,17-8-4-2-5-9-17)18-10-6-3-7-11-18/h2-15H,16H2,1H3,(H,25,31). The molecular weight excluding hydrogens is 424 g/mol. The van der Waals surface area contributed by atoms with Gasteiger partial charge < -0.3 is 10.2 Å². The number of carbonyl (C=O) groups is 3. The van der Waals surface area contributed by atoms with Crippen molar-refractivity contribution in [2.45, 2.75) is 5.54 Å². The second-order valence-corrected chi connectivity index (χ2v) is 7.53. The number of rotatable bonds is 6. The highest BCUT2D eigenvalue weighted by Gasteiger charge is 2.54. The molecule has 0 atom stereocenters. The van der Waals surface area contributed by atoms with E-state index in [1.807, 2.05) is 12.1 Å².